The molecule has 31 heavy (non-hydrogen) atoms. The van der Waals surface area contributed by atoms with Crippen LogP contribution in [0.4, 0.5) is 9.18 Å². The van der Waals surface area contributed by atoms with Crippen LogP contribution in [0.3, 0.4) is 0 Å². The molecule has 3 rings (SSSR count). The molecule has 1 aromatic rings. The minimum atomic E-state index is -0.339. The molecule has 0 bridgehead atoms. The van der Waals surface area contributed by atoms with Gasteiger partial charge in [-0.3, -0.25) is 15.6 Å². The molecule has 0 atom stereocenters. The van der Waals surface area contributed by atoms with E-state index >= 15 is 0 Å². The average molecular weight is 451 g/mol. The predicted molar refractivity (Wildman–Crippen MR) is 123 cm³/mol. The fourth-order valence-corrected chi connectivity index (χ4v) is 4.06. The molecule has 1 aliphatic carbocycles. The number of urea groups is 1. The number of halogens is 1. The van der Waals surface area contributed by atoms with Gasteiger partial charge in [-0.15, -0.1) is 0 Å². The van der Waals surface area contributed by atoms with Crippen molar-refractivity contribution >= 4 is 29.2 Å². The van der Waals surface area contributed by atoms with E-state index in [1.165, 1.54) is 13.2 Å². The van der Waals surface area contributed by atoms with Gasteiger partial charge < -0.3 is 15.0 Å². The third kappa shape index (κ3) is 7.03. The summed E-state index contributed by atoms with van der Waals surface area (Å²) in [5.41, 5.74) is 3.66. The van der Waals surface area contributed by atoms with E-state index in [-0.39, 0.29) is 28.8 Å². The lowest BCUT2D eigenvalue weighted by molar-refractivity contribution is 0.174. The number of hydrogen-bond acceptors (Lipinski definition) is 5. The number of nitrogens with zero attached hydrogens (tertiary/aromatic N) is 3. The summed E-state index contributed by atoms with van der Waals surface area (Å²) in [6.45, 7) is 5.88. The standard InChI is InChI=1S/C21H31FN6O2S/c1-15(25-26-21(31)24-20(29)23-17-5-3-4-6-17)28-11-9-27(10-12-28)14-16-7-8-19(30-2)18(22)13-16/h7-8,13,17H,3-6,9-12,14H2,1-2H3,(H3,23,24,26,29,31)/b25-15-. The summed E-state index contributed by atoms with van der Waals surface area (Å²) in [7, 11) is 1.46. The second kappa shape index (κ2) is 11.2. The number of amides is 2. The molecule has 0 spiro atoms. The summed E-state index contributed by atoms with van der Waals surface area (Å²) >= 11 is 5.15. The van der Waals surface area contributed by atoms with Crippen molar-refractivity contribution in [1.82, 2.24) is 25.9 Å². The Labute approximate surface area is 188 Å². The number of hydrazone groups is 1. The quantitative estimate of drug-likeness (QED) is 0.277. The fourth-order valence-electron chi connectivity index (χ4n) is 3.92. The van der Waals surface area contributed by atoms with Gasteiger partial charge in [0.15, 0.2) is 16.7 Å². The highest BCUT2D eigenvalue weighted by Gasteiger charge is 2.19. The first-order valence-corrected chi connectivity index (χ1v) is 11.1. The monoisotopic (exact) mass is 450 g/mol. The number of nitrogens with one attached hydrogen (secondary N) is 3. The maximum atomic E-state index is 13.9. The number of hydrogen-bond donors (Lipinski definition) is 3. The summed E-state index contributed by atoms with van der Waals surface area (Å²) in [6.07, 6.45) is 4.34. The van der Waals surface area contributed by atoms with Gasteiger partial charge in [0, 0.05) is 38.8 Å². The van der Waals surface area contributed by atoms with E-state index in [2.05, 4.69) is 31.0 Å². The highest BCUT2D eigenvalue weighted by molar-refractivity contribution is 7.80. The first kappa shape index (κ1) is 23.2. The van der Waals surface area contributed by atoms with Gasteiger partial charge in [-0.2, -0.15) is 5.10 Å². The molecule has 1 saturated heterocycles. The van der Waals surface area contributed by atoms with Crippen molar-refractivity contribution in [3.05, 3.63) is 29.6 Å². The van der Waals surface area contributed by atoms with Crippen LogP contribution in [0.25, 0.3) is 0 Å². The van der Waals surface area contributed by atoms with Gasteiger partial charge in [-0.1, -0.05) is 18.9 Å². The Morgan fingerprint density at radius 3 is 2.61 bits per heavy atom. The Hall–Kier alpha value is -2.46. The number of benzene rings is 1. The number of piperazine rings is 1. The minimum Gasteiger partial charge on any atom is -0.494 e. The van der Waals surface area contributed by atoms with Crippen molar-refractivity contribution in [2.24, 2.45) is 5.10 Å². The first-order valence-electron chi connectivity index (χ1n) is 10.7. The molecule has 0 radical (unpaired) electrons. The van der Waals surface area contributed by atoms with Crippen molar-refractivity contribution in [1.29, 1.82) is 0 Å². The molecular formula is C21H31FN6O2S. The lowest BCUT2D eigenvalue weighted by Gasteiger charge is -2.35. The Morgan fingerprint density at radius 1 is 1.26 bits per heavy atom. The largest absolute Gasteiger partial charge is 0.494 e. The minimum absolute atomic E-state index is 0.176. The van der Waals surface area contributed by atoms with Crippen LogP contribution >= 0.6 is 12.2 Å². The summed E-state index contributed by atoms with van der Waals surface area (Å²) in [5, 5.41) is 10.0. The van der Waals surface area contributed by atoms with Gasteiger partial charge in [0.05, 0.1) is 7.11 Å². The maximum Gasteiger partial charge on any atom is 0.321 e. The van der Waals surface area contributed by atoms with E-state index in [1.807, 2.05) is 13.0 Å². The summed E-state index contributed by atoms with van der Waals surface area (Å²) in [5.74, 6) is 0.723. The maximum absolute atomic E-state index is 13.9. The fraction of sp³-hybridized carbons (Fsp3) is 0.571. The van der Waals surface area contributed by atoms with Crippen LogP contribution in [0.5, 0.6) is 5.75 Å². The average Bonchev–Trinajstić information content (AvgIpc) is 3.25. The van der Waals surface area contributed by atoms with E-state index < -0.39 is 0 Å². The van der Waals surface area contributed by atoms with Crippen molar-refractivity contribution in [3.63, 3.8) is 0 Å². The molecule has 0 aromatic heterocycles. The van der Waals surface area contributed by atoms with Gasteiger partial charge in [0.25, 0.3) is 0 Å². The SMILES string of the molecule is COc1ccc(CN2CCN(/C(C)=N\NC(=S)NC(=O)NC3CCCC3)CC2)cc1F. The summed E-state index contributed by atoms with van der Waals surface area (Å²) in [4.78, 5) is 16.4. The molecule has 2 fully saturated rings. The second-order valence-electron chi connectivity index (χ2n) is 7.91. The van der Waals surface area contributed by atoms with Crippen molar-refractivity contribution in [2.75, 3.05) is 33.3 Å². The molecule has 1 aliphatic heterocycles. The number of carbonyl (C=O) groups excluding carboxylic acids is 1. The Bertz CT molecular complexity index is 807. The van der Waals surface area contributed by atoms with E-state index in [0.717, 1.165) is 63.3 Å². The van der Waals surface area contributed by atoms with E-state index in [1.54, 1.807) is 6.07 Å². The van der Waals surface area contributed by atoms with Crippen LogP contribution < -0.4 is 20.8 Å². The van der Waals surface area contributed by atoms with Crippen LogP contribution in [0.2, 0.25) is 0 Å². The van der Waals surface area contributed by atoms with Gasteiger partial charge in [0.2, 0.25) is 0 Å². The number of amidine groups is 1. The van der Waals surface area contributed by atoms with Crippen LogP contribution in [0, 0.1) is 5.82 Å². The smallest absolute Gasteiger partial charge is 0.321 e. The van der Waals surface area contributed by atoms with Crippen LogP contribution in [-0.2, 0) is 6.54 Å². The predicted octanol–water partition coefficient (Wildman–Crippen LogP) is 2.40. The van der Waals surface area contributed by atoms with Gasteiger partial charge >= 0.3 is 6.03 Å². The second-order valence-corrected chi connectivity index (χ2v) is 8.32. The highest BCUT2D eigenvalue weighted by atomic mass is 32.1. The molecule has 0 unspecified atom stereocenters. The molecule has 10 heteroatoms. The number of ether oxygens (including phenoxy) is 1. The zero-order valence-electron chi connectivity index (χ0n) is 18.1. The lowest BCUT2D eigenvalue weighted by atomic mass is 10.2. The molecule has 1 heterocycles. The molecule has 3 N–H and O–H groups in total. The molecule has 170 valence electrons. The van der Waals surface area contributed by atoms with Crippen molar-refractivity contribution in [3.8, 4) is 5.75 Å². The molecule has 2 aliphatic rings. The van der Waals surface area contributed by atoms with Crippen molar-refractivity contribution in [2.45, 2.75) is 45.2 Å². The van der Waals surface area contributed by atoms with Gasteiger partial charge in [0.1, 0.15) is 5.84 Å². The Balaban J connectivity index is 1.39. The van der Waals surface area contributed by atoms with Crippen LogP contribution in [-0.4, -0.2) is 66.1 Å². The number of methoxy groups -OCH3 is 1. The normalized spacial score (nSPS) is 18.0. The zero-order valence-corrected chi connectivity index (χ0v) is 18.9. The molecular weight excluding hydrogens is 419 g/mol. The number of rotatable bonds is 5. The highest BCUT2D eigenvalue weighted by Crippen LogP contribution is 2.19. The Kier molecular flexibility index (Phi) is 8.42. The summed E-state index contributed by atoms with van der Waals surface area (Å²) in [6, 6.07) is 5.02. The first-order chi connectivity index (χ1) is 14.9. The molecule has 1 aromatic carbocycles. The lowest BCUT2D eigenvalue weighted by Crippen LogP contribution is -2.49. The van der Waals surface area contributed by atoms with Crippen molar-refractivity contribution < 1.29 is 13.9 Å². The number of carbonyl (C=O) groups is 1. The van der Waals surface area contributed by atoms with E-state index in [0.29, 0.717) is 6.54 Å². The molecule has 2 amide bonds. The van der Waals surface area contributed by atoms with Gasteiger partial charge in [-0.05, 0) is 49.7 Å². The summed E-state index contributed by atoms with van der Waals surface area (Å²) < 4.78 is 18.9. The van der Waals surface area contributed by atoms with E-state index in [9.17, 15) is 9.18 Å². The third-order valence-electron chi connectivity index (χ3n) is 5.69. The van der Waals surface area contributed by atoms with Crippen LogP contribution in [0.15, 0.2) is 23.3 Å². The molecule has 1 saturated carbocycles. The van der Waals surface area contributed by atoms with Gasteiger partial charge in [-0.25, -0.2) is 9.18 Å². The topological polar surface area (TPSA) is 81.2 Å². The zero-order chi connectivity index (χ0) is 22.2. The number of thiocarbonyl (C=S) groups is 1. The van der Waals surface area contributed by atoms with E-state index in [4.69, 9.17) is 17.0 Å². The van der Waals surface area contributed by atoms with Crippen LogP contribution in [0.1, 0.15) is 38.2 Å². The third-order valence-corrected chi connectivity index (χ3v) is 5.88. The Morgan fingerprint density at radius 2 is 1.97 bits per heavy atom. The molecule has 8 nitrogen and oxygen atoms in total.